The number of nitrogens with two attached hydrogens (primary N) is 1. The lowest BCUT2D eigenvalue weighted by Gasteiger charge is -2.33. The molecule has 0 spiro atoms. The van der Waals surface area contributed by atoms with E-state index in [0.717, 1.165) is 23.1 Å². The molecule has 1 unspecified atom stereocenters. The SMILES string of the molecule is CNC(c1ccc(OC)c(Br)c1)C1CCC(N)CC1. The number of nitrogens with one attached hydrogen (secondary N) is 1. The summed E-state index contributed by atoms with van der Waals surface area (Å²) in [6.07, 6.45) is 4.69. The second-order valence-electron chi connectivity index (χ2n) is 5.34. The Bertz CT molecular complexity index is 417. The summed E-state index contributed by atoms with van der Waals surface area (Å²) < 4.78 is 6.30. The molecule has 1 saturated carbocycles. The van der Waals surface area contributed by atoms with Gasteiger partial charge in [0.1, 0.15) is 5.75 Å². The zero-order chi connectivity index (χ0) is 13.8. The maximum absolute atomic E-state index is 5.99. The highest BCUT2D eigenvalue weighted by molar-refractivity contribution is 9.10. The summed E-state index contributed by atoms with van der Waals surface area (Å²) in [5.41, 5.74) is 7.31. The van der Waals surface area contributed by atoms with E-state index in [1.165, 1.54) is 18.4 Å². The number of hydrogen-bond acceptors (Lipinski definition) is 3. The van der Waals surface area contributed by atoms with Crippen molar-refractivity contribution in [1.29, 1.82) is 0 Å². The number of hydrogen-bond donors (Lipinski definition) is 2. The normalized spacial score (nSPS) is 25.1. The zero-order valence-corrected chi connectivity index (χ0v) is 13.2. The number of halogens is 1. The van der Waals surface area contributed by atoms with Crippen molar-refractivity contribution < 1.29 is 4.74 Å². The molecule has 4 heteroatoms. The molecule has 0 amide bonds. The minimum atomic E-state index is 0.398. The van der Waals surface area contributed by atoms with E-state index in [0.29, 0.717) is 18.0 Å². The van der Waals surface area contributed by atoms with Crippen LogP contribution in [0.2, 0.25) is 0 Å². The van der Waals surface area contributed by atoms with Gasteiger partial charge in [-0.25, -0.2) is 0 Å². The van der Waals surface area contributed by atoms with Crippen molar-refractivity contribution in [1.82, 2.24) is 5.32 Å². The van der Waals surface area contributed by atoms with Gasteiger partial charge in [0.2, 0.25) is 0 Å². The molecule has 106 valence electrons. The number of benzene rings is 1. The van der Waals surface area contributed by atoms with E-state index in [-0.39, 0.29) is 0 Å². The molecule has 1 atom stereocenters. The van der Waals surface area contributed by atoms with Gasteiger partial charge in [0.05, 0.1) is 11.6 Å². The first kappa shape index (κ1) is 14.8. The van der Waals surface area contributed by atoms with Crippen molar-refractivity contribution in [3.63, 3.8) is 0 Å². The molecule has 3 nitrogen and oxygen atoms in total. The summed E-state index contributed by atoms with van der Waals surface area (Å²) in [5, 5.41) is 3.47. The highest BCUT2D eigenvalue weighted by Crippen LogP contribution is 2.36. The summed E-state index contributed by atoms with van der Waals surface area (Å²) in [6.45, 7) is 0. The average molecular weight is 327 g/mol. The van der Waals surface area contributed by atoms with Crippen molar-refractivity contribution in [3.8, 4) is 5.75 Å². The van der Waals surface area contributed by atoms with E-state index in [2.05, 4.69) is 33.4 Å². The third-order valence-electron chi connectivity index (χ3n) is 4.13. The monoisotopic (exact) mass is 326 g/mol. The van der Waals surface area contributed by atoms with Gasteiger partial charge in [-0.3, -0.25) is 0 Å². The predicted molar refractivity (Wildman–Crippen MR) is 82.4 cm³/mol. The molecule has 2 rings (SSSR count). The average Bonchev–Trinajstić information content (AvgIpc) is 2.42. The van der Waals surface area contributed by atoms with Crippen LogP contribution >= 0.6 is 15.9 Å². The lowest BCUT2D eigenvalue weighted by Crippen LogP contribution is -2.33. The fourth-order valence-corrected chi connectivity index (χ4v) is 3.59. The van der Waals surface area contributed by atoms with Crippen LogP contribution in [0.1, 0.15) is 37.3 Å². The van der Waals surface area contributed by atoms with Gasteiger partial charge >= 0.3 is 0 Å². The maximum Gasteiger partial charge on any atom is 0.133 e. The Labute approximate surface area is 124 Å². The molecule has 19 heavy (non-hydrogen) atoms. The molecule has 1 aromatic rings. The second kappa shape index (κ2) is 6.73. The van der Waals surface area contributed by atoms with Crippen molar-refractivity contribution in [2.45, 2.75) is 37.8 Å². The van der Waals surface area contributed by atoms with Crippen LogP contribution in [-0.2, 0) is 0 Å². The van der Waals surface area contributed by atoms with Crippen LogP contribution in [0.25, 0.3) is 0 Å². The fraction of sp³-hybridized carbons (Fsp3) is 0.600. The largest absolute Gasteiger partial charge is 0.496 e. The summed E-state index contributed by atoms with van der Waals surface area (Å²) in [4.78, 5) is 0. The van der Waals surface area contributed by atoms with Gasteiger partial charge < -0.3 is 15.8 Å². The van der Waals surface area contributed by atoms with Gasteiger partial charge in [-0.15, -0.1) is 0 Å². The van der Waals surface area contributed by atoms with E-state index < -0.39 is 0 Å². The maximum atomic E-state index is 5.99. The van der Waals surface area contributed by atoms with Crippen molar-refractivity contribution in [2.24, 2.45) is 11.7 Å². The Morgan fingerprint density at radius 1 is 1.32 bits per heavy atom. The smallest absolute Gasteiger partial charge is 0.133 e. The van der Waals surface area contributed by atoms with E-state index in [9.17, 15) is 0 Å². The van der Waals surface area contributed by atoms with Crippen LogP contribution in [-0.4, -0.2) is 20.2 Å². The number of ether oxygens (including phenoxy) is 1. The predicted octanol–water partition coefficient (Wildman–Crippen LogP) is 3.24. The molecule has 0 saturated heterocycles. The lowest BCUT2D eigenvalue weighted by atomic mass is 9.79. The fourth-order valence-electron chi connectivity index (χ4n) is 3.03. The Morgan fingerprint density at radius 2 is 2.00 bits per heavy atom. The van der Waals surface area contributed by atoms with Crippen molar-refractivity contribution >= 4 is 15.9 Å². The molecule has 0 aromatic heterocycles. The van der Waals surface area contributed by atoms with Gasteiger partial charge in [-0.05, 0) is 72.3 Å². The van der Waals surface area contributed by atoms with Gasteiger partial charge in [0, 0.05) is 12.1 Å². The number of rotatable bonds is 4. The van der Waals surface area contributed by atoms with Crippen LogP contribution in [0.15, 0.2) is 22.7 Å². The minimum Gasteiger partial charge on any atom is -0.496 e. The van der Waals surface area contributed by atoms with Crippen molar-refractivity contribution in [3.05, 3.63) is 28.2 Å². The summed E-state index contributed by atoms with van der Waals surface area (Å²) >= 11 is 3.57. The second-order valence-corrected chi connectivity index (χ2v) is 6.19. The van der Waals surface area contributed by atoms with E-state index in [1.807, 2.05) is 13.1 Å². The van der Waals surface area contributed by atoms with Crippen LogP contribution in [0.5, 0.6) is 5.75 Å². The van der Waals surface area contributed by atoms with Crippen LogP contribution in [0, 0.1) is 5.92 Å². The molecule has 1 aliphatic rings. The molecule has 1 aromatic carbocycles. The molecule has 0 heterocycles. The molecule has 0 bridgehead atoms. The van der Waals surface area contributed by atoms with Crippen LogP contribution in [0.4, 0.5) is 0 Å². The Morgan fingerprint density at radius 3 is 2.53 bits per heavy atom. The lowest BCUT2D eigenvalue weighted by molar-refractivity contribution is 0.262. The van der Waals surface area contributed by atoms with Crippen LogP contribution in [0.3, 0.4) is 0 Å². The molecular formula is C15H23BrN2O. The van der Waals surface area contributed by atoms with Gasteiger partial charge in [-0.2, -0.15) is 0 Å². The Balaban J connectivity index is 2.15. The Kier molecular flexibility index (Phi) is 5.25. The highest BCUT2D eigenvalue weighted by Gasteiger charge is 2.26. The Hall–Kier alpha value is -0.580. The standard InChI is InChI=1S/C15H23BrN2O/c1-18-15(10-3-6-12(17)7-4-10)11-5-8-14(19-2)13(16)9-11/h5,8-10,12,15,18H,3-4,6-7,17H2,1-2H3. The first-order chi connectivity index (χ1) is 9.15. The summed E-state index contributed by atoms with van der Waals surface area (Å²) in [6, 6.07) is 7.14. The topological polar surface area (TPSA) is 47.3 Å². The van der Waals surface area contributed by atoms with Crippen molar-refractivity contribution in [2.75, 3.05) is 14.2 Å². The van der Waals surface area contributed by atoms with Gasteiger partial charge in [0.25, 0.3) is 0 Å². The van der Waals surface area contributed by atoms with E-state index in [1.54, 1.807) is 7.11 Å². The number of methoxy groups -OCH3 is 1. The quantitative estimate of drug-likeness (QED) is 0.892. The first-order valence-electron chi connectivity index (χ1n) is 6.92. The molecular weight excluding hydrogens is 304 g/mol. The third-order valence-corrected chi connectivity index (χ3v) is 4.75. The molecule has 0 radical (unpaired) electrons. The van der Waals surface area contributed by atoms with Gasteiger partial charge in [0.15, 0.2) is 0 Å². The summed E-state index contributed by atoms with van der Waals surface area (Å²) in [5.74, 6) is 1.55. The first-order valence-corrected chi connectivity index (χ1v) is 7.71. The molecule has 1 aliphatic carbocycles. The van der Waals surface area contributed by atoms with E-state index >= 15 is 0 Å². The van der Waals surface area contributed by atoms with Gasteiger partial charge in [-0.1, -0.05) is 6.07 Å². The molecule has 1 fully saturated rings. The highest BCUT2D eigenvalue weighted by atomic mass is 79.9. The van der Waals surface area contributed by atoms with Crippen LogP contribution < -0.4 is 15.8 Å². The molecule has 3 N–H and O–H groups in total. The third kappa shape index (κ3) is 3.50. The van der Waals surface area contributed by atoms with E-state index in [4.69, 9.17) is 10.5 Å². The minimum absolute atomic E-state index is 0.398. The summed E-state index contributed by atoms with van der Waals surface area (Å²) in [7, 11) is 3.73. The molecule has 0 aliphatic heterocycles. The zero-order valence-electron chi connectivity index (χ0n) is 11.7.